The van der Waals surface area contributed by atoms with Gasteiger partial charge >= 0.3 is 5.97 Å². The van der Waals surface area contributed by atoms with E-state index >= 15 is 0 Å². The van der Waals surface area contributed by atoms with Crippen LogP contribution in [0.2, 0.25) is 0 Å². The number of hydrogen-bond donors (Lipinski definition) is 8. The van der Waals surface area contributed by atoms with Crippen LogP contribution in [0.4, 0.5) is 0 Å². The van der Waals surface area contributed by atoms with Gasteiger partial charge in [0.1, 0.15) is 12.1 Å². The number of carboxylic acids is 1. The number of primary amides is 1. The van der Waals surface area contributed by atoms with Crippen molar-refractivity contribution in [1.82, 2.24) is 20.9 Å². The van der Waals surface area contributed by atoms with E-state index < -0.39 is 59.9 Å². The summed E-state index contributed by atoms with van der Waals surface area (Å²) in [5.41, 5.74) is 13.1. The Labute approximate surface area is 229 Å². The van der Waals surface area contributed by atoms with Crippen LogP contribution in [0, 0.1) is 0 Å². The Hall–Kier alpha value is -3.62. The van der Waals surface area contributed by atoms with Crippen molar-refractivity contribution in [2.75, 3.05) is 12.0 Å². The fraction of sp³-hybridized carbons (Fsp3) is 0.480. The zero-order valence-electron chi connectivity index (χ0n) is 21.8. The van der Waals surface area contributed by atoms with E-state index in [1.54, 1.807) is 6.20 Å². The number of aliphatic hydroxyl groups is 1. The van der Waals surface area contributed by atoms with Crippen LogP contribution in [0.15, 0.2) is 30.5 Å². The molecule has 1 heterocycles. The van der Waals surface area contributed by atoms with Gasteiger partial charge in [-0.15, -0.1) is 0 Å². The quantitative estimate of drug-likeness (QED) is 0.124. The average molecular weight is 565 g/mol. The van der Waals surface area contributed by atoms with Crippen LogP contribution in [0.25, 0.3) is 10.9 Å². The summed E-state index contributed by atoms with van der Waals surface area (Å²) in [7, 11) is 0. The summed E-state index contributed by atoms with van der Waals surface area (Å²) in [4.78, 5) is 64.7. The van der Waals surface area contributed by atoms with E-state index in [1.807, 2.05) is 30.5 Å². The number of nitrogens with two attached hydrogens (primary N) is 2. The van der Waals surface area contributed by atoms with Crippen molar-refractivity contribution >= 4 is 52.3 Å². The number of aromatic nitrogens is 1. The van der Waals surface area contributed by atoms with Gasteiger partial charge in [-0.3, -0.25) is 19.2 Å². The molecule has 0 saturated heterocycles. The number of amides is 4. The minimum absolute atomic E-state index is 0.215. The highest BCUT2D eigenvalue weighted by Gasteiger charge is 2.32. The maximum Gasteiger partial charge on any atom is 0.328 e. The number of thioether (sulfide) groups is 1. The van der Waals surface area contributed by atoms with E-state index in [0.717, 1.165) is 16.5 Å². The fourth-order valence-electron chi connectivity index (χ4n) is 3.88. The second kappa shape index (κ2) is 15.1. The topological polar surface area (TPSA) is 230 Å². The highest BCUT2D eigenvalue weighted by molar-refractivity contribution is 7.98. The first kappa shape index (κ1) is 31.6. The number of rotatable bonds is 16. The van der Waals surface area contributed by atoms with Crippen molar-refractivity contribution in [2.24, 2.45) is 11.5 Å². The maximum absolute atomic E-state index is 13.2. The summed E-state index contributed by atoms with van der Waals surface area (Å²) in [5.74, 6) is -3.93. The number of hydrogen-bond acceptors (Lipinski definition) is 8. The van der Waals surface area contributed by atoms with E-state index in [2.05, 4.69) is 20.9 Å². The molecule has 13 nitrogen and oxygen atoms in total. The summed E-state index contributed by atoms with van der Waals surface area (Å²) < 4.78 is 0. The third-order valence-electron chi connectivity index (χ3n) is 6.05. The van der Waals surface area contributed by atoms with Crippen LogP contribution in [-0.4, -0.2) is 87.1 Å². The molecule has 5 unspecified atom stereocenters. The number of carboxylic acid groups (broad SMARTS) is 1. The number of aliphatic hydroxyl groups excluding tert-OH is 1. The second-order valence-electron chi connectivity index (χ2n) is 9.14. The van der Waals surface area contributed by atoms with Crippen molar-refractivity contribution < 1.29 is 34.2 Å². The predicted octanol–water partition coefficient (Wildman–Crippen LogP) is -1.02. The van der Waals surface area contributed by atoms with Crippen LogP contribution >= 0.6 is 11.8 Å². The molecule has 0 bridgehead atoms. The molecule has 0 saturated carbocycles. The Morgan fingerprint density at radius 2 is 1.62 bits per heavy atom. The summed E-state index contributed by atoms with van der Waals surface area (Å²) >= 11 is 1.44. The summed E-state index contributed by atoms with van der Waals surface area (Å²) in [6.45, 7) is 1.18. The number of para-hydroxylation sites is 1. The van der Waals surface area contributed by atoms with Crippen molar-refractivity contribution in [3.8, 4) is 0 Å². The zero-order valence-corrected chi connectivity index (χ0v) is 22.6. The third-order valence-corrected chi connectivity index (χ3v) is 6.70. The molecule has 0 aliphatic heterocycles. The first-order valence-corrected chi connectivity index (χ1v) is 13.7. The van der Waals surface area contributed by atoms with Crippen LogP contribution in [0.1, 0.15) is 31.7 Å². The second-order valence-corrected chi connectivity index (χ2v) is 10.1. The number of aromatic amines is 1. The predicted molar refractivity (Wildman–Crippen MR) is 147 cm³/mol. The molecular weight excluding hydrogens is 528 g/mol. The Balaban J connectivity index is 2.14. The summed E-state index contributed by atoms with van der Waals surface area (Å²) in [5, 5.41) is 27.1. The molecule has 0 spiro atoms. The highest BCUT2D eigenvalue weighted by atomic mass is 32.2. The van der Waals surface area contributed by atoms with E-state index in [9.17, 15) is 34.2 Å². The van der Waals surface area contributed by atoms with Crippen LogP contribution < -0.4 is 27.4 Å². The SMILES string of the molecule is CSCCC(NC(=O)C(N)Cc1c[nH]c2ccccc12)C(=O)NC(CCC(N)=O)C(=O)NC(C(=O)O)C(C)O. The molecule has 14 heteroatoms. The van der Waals surface area contributed by atoms with E-state index in [1.165, 1.54) is 18.7 Å². The van der Waals surface area contributed by atoms with Gasteiger partial charge in [0.15, 0.2) is 6.04 Å². The van der Waals surface area contributed by atoms with Crippen LogP contribution in [0.3, 0.4) is 0 Å². The van der Waals surface area contributed by atoms with Gasteiger partial charge in [0.25, 0.3) is 0 Å². The van der Waals surface area contributed by atoms with E-state index in [4.69, 9.17) is 11.5 Å². The Kier molecular flexibility index (Phi) is 12.2. The van der Waals surface area contributed by atoms with Gasteiger partial charge in [-0.1, -0.05) is 18.2 Å². The molecule has 214 valence electrons. The molecule has 1 aromatic heterocycles. The molecule has 2 rings (SSSR count). The number of benzene rings is 1. The smallest absolute Gasteiger partial charge is 0.328 e. The first-order chi connectivity index (χ1) is 18.4. The monoisotopic (exact) mass is 564 g/mol. The molecule has 0 radical (unpaired) electrons. The number of carbonyl (C=O) groups is 5. The van der Waals surface area contributed by atoms with Gasteiger partial charge in [0.05, 0.1) is 12.1 Å². The number of H-pyrrole nitrogens is 1. The number of carbonyl (C=O) groups excluding carboxylic acids is 4. The van der Waals surface area contributed by atoms with Gasteiger partial charge in [0, 0.05) is 23.5 Å². The molecule has 0 aliphatic carbocycles. The van der Waals surface area contributed by atoms with E-state index in [0.29, 0.717) is 5.75 Å². The van der Waals surface area contributed by atoms with Gasteiger partial charge in [0.2, 0.25) is 23.6 Å². The Morgan fingerprint density at radius 3 is 2.23 bits per heavy atom. The Morgan fingerprint density at radius 1 is 1.00 bits per heavy atom. The fourth-order valence-corrected chi connectivity index (χ4v) is 4.36. The molecular formula is C25H36N6O7S. The molecule has 1 aromatic carbocycles. The van der Waals surface area contributed by atoms with Crippen molar-refractivity contribution in [3.63, 3.8) is 0 Å². The minimum atomic E-state index is -1.64. The number of nitrogens with one attached hydrogen (secondary N) is 4. The molecule has 5 atom stereocenters. The van der Waals surface area contributed by atoms with Gasteiger partial charge in [-0.25, -0.2) is 4.79 Å². The van der Waals surface area contributed by atoms with Gasteiger partial charge in [-0.2, -0.15) is 11.8 Å². The lowest BCUT2D eigenvalue weighted by Crippen LogP contribution is -2.58. The van der Waals surface area contributed by atoms with Gasteiger partial charge in [-0.05, 0) is 49.8 Å². The third kappa shape index (κ3) is 9.57. The lowest BCUT2D eigenvalue weighted by Gasteiger charge is -2.25. The van der Waals surface area contributed by atoms with Crippen molar-refractivity contribution in [2.45, 2.75) is 62.9 Å². The van der Waals surface area contributed by atoms with E-state index in [-0.39, 0.29) is 25.7 Å². The lowest BCUT2D eigenvalue weighted by atomic mass is 10.0. The normalized spacial score (nSPS) is 15.0. The molecule has 10 N–H and O–H groups in total. The van der Waals surface area contributed by atoms with Crippen molar-refractivity contribution in [3.05, 3.63) is 36.0 Å². The number of aliphatic carboxylic acids is 1. The molecule has 4 amide bonds. The minimum Gasteiger partial charge on any atom is -0.480 e. The molecule has 0 aliphatic rings. The molecule has 0 fully saturated rings. The standard InChI is InChI=1S/C25H36N6O7S/c1-13(32)21(25(37)38)31-24(36)18(7-8-20(27)33)30-23(35)19(9-10-39-2)29-22(34)16(26)11-14-12-28-17-6-4-3-5-15(14)17/h3-6,12-13,16,18-19,21,28,32H,7-11,26H2,1-2H3,(H2,27,33)(H,29,34)(H,30,35)(H,31,36)(H,37,38). The highest BCUT2D eigenvalue weighted by Crippen LogP contribution is 2.19. The largest absolute Gasteiger partial charge is 0.480 e. The first-order valence-electron chi connectivity index (χ1n) is 12.3. The summed E-state index contributed by atoms with van der Waals surface area (Å²) in [6.07, 6.45) is 2.11. The average Bonchev–Trinajstić information content (AvgIpc) is 3.29. The van der Waals surface area contributed by atoms with Gasteiger partial charge < -0.3 is 42.6 Å². The lowest BCUT2D eigenvalue weighted by molar-refractivity contribution is -0.145. The maximum atomic E-state index is 13.2. The molecule has 39 heavy (non-hydrogen) atoms. The number of fused-ring (bicyclic) bond motifs is 1. The van der Waals surface area contributed by atoms with Crippen LogP contribution in [-0.2, 0) is 30.4 Å². The van der Waals surface area contributed by atoms with Crippen molar-refractivity contribution in [1.29, 1.82) is 0 Å². The summed E-state index contributed by atoms with van der Waals surface area (Å²) in [6, 6.07) is 2.55. The van der Waals surface area contributed by atoms with Crippen LogP contribution in [0.5, 0.6) is 0 Å². The molecule has 2 aromatic rings. The Bertz CT molecular complexity index is 1170. The zero-order chi connectivity index (χ0) is 29.1.